The number of nitrogens with one attached hydrogen (secondary N) is 2. The number of hydrogen-bond donors (Lipinski definition) is 2. The lowest BCUT2D eigenvalue weighted by Gasteiger charge is -2.21. The second-order valence-electron chi connectivity index (χ2n) is 7.20. The Kier molecular flexibility index (Phi) is 7.66. The van der Waals surface area contributed by atoms with Crippen LogP contribution in [0.4, 0.5) is 0 Å². The first-order valence-electron chi connectivity index (χ1n) is 10.2. The molecule has 0 spiro atoms. The summed E-state index contributed by atoms with van der Waals surface area (Å²) >= 11 is 0. The number of benzene rings is 2. The zero-order chi connectivity index (χ0) is 20.5. The van der Waals surface area contributed by atoms with E-state index in [2.05, 4.69) is 44.2 Å². The monoisotopic (exact) mass is 414 g/mol. The summed E-state index contributed by atoms with van der Waals surface area (Å²) in [6.45, 7) is 5.14. The molecule has 29 heavy (non-hydrogen) atoms. The molecule has 0 bridgehead atoms. The zero-order valence-electron chi connectivity index (χ0n) is 16.9. The molecule has 0 amide bonds. The highest BCUT2D eigenvalue weighted by Crippen LogP contribution is 2.26. The van der Waals surface area contributed by atoms with Crippen LogP contribution >= 0.6 is 0 Å². The van der Waals surface area contributed by atoms with Crippen LogP contribution < -0.4 is 10.0 Å². The lowest BCUT2D eigenvalue weighted by atomic mass is 9.99. The van der Waals surface area contributed by atoms with Gasteiger partial charge in [0, 0.05) is 32.1 Å². The van der Waals surface area contributed by atoms with Gasteiger partial charge in [-0.1, -0.05) is 60.7 Å². The molecule has 1 heterocycles. The van der Waals surface area contributed by atoms with Gasteiger partial charge in [0.25, 0.3) is 0 Å². The predicted molar refractivity (Wildman–Crippen MR) is 118 cm³/mol. The number of nitrogens with zero attached hydrogens (tertiary/aromatic N) is 2. The Morgan fingerprint density at radius 3 is 2.48 bits per heavy atom. The van der Waals surface area contributed by atoms with Crippen molar-refractivity contribution in [2.45, 2.75) is 25.8 Å². The summed E-state index contributed by atoms with van der Waals surface area (Å²) in [5.74, 6) is 1.26. The fraction of sp³-hybridized carbons (Fsp3) is 0.409. The van der Waals surface area contributed by atoms with Crippen LogP contribution in [0.3, 0.4) is 0 Å². The summed E-state index contributed by atoms with van der Waals surface area (Å²) in [5, 5.41) is 3.30. The topological polar surface area (TPSA) is 73.8 Å². The van der Waals surface area contributed by atoms with E-state index in [-0.39, 0.29) is 12.3 Å². The van der Waals surface area contributed by atoms with Crippen molar-refractivity contribution < 1.29 is 8.42 Å². The largest absolute Gasteiger partial charge is 0.357 e. The van der Waals surface area contributed by atoms with E-state index >= 15 is 0 Å². The number of guanidine groups is 1. The average molecular weight is 415 g/mol. The van der Waals surface area contributed by atoms with Crippen LogP contribution in [0.25, 0.3) is 0 Å². The van der Waals surface area contributed by atoms with Gasteiger partial charge in [0.2, 0.25) is 10.0 Å². The standard InChI is InChI=1S/C22H30N4O2S/c1-2-23-22(26-15-13-21(18-26)20-11-7-4-8-12-20)24-14-16-29(27,28)25-17-19-9-5-3-6-10-19/h3-12,21,25H,2,13-18H2,1H3,(H,23,24). The molecule has 3 rings (SSSR count). The molecule has 0 aliphatic carbocycles. The molecule has 156 valence electrons. The lowest BCUT2D eigenvalue weighted by Crippen LogP contribution is -2.40. The number of rotatable bonds is 8. The third-order valence-corrected chi connectivity index (χ3v) is 6.36. The maximum Gasteiger partial charge on any atom is 0.213 e. The quantitative estimate of drug-likeness (QED) is 0.514. The fourth-order valence-electron chi connectivity index (χ4n) is 3.51. The van der Waals surface area contributed by atoms with Crippen molar-refractivity contribution in [3.63, 3.8) is 0 Å². The summed E-state index contributed by atoms with van der Waals surface area (Å²) in [6.07, 6.45) is 1.07. The van der Waals surface area contributed by atoms with Gasteiger partial charge < -0.3 is 10.2 Å². The Morgan fingerprint density at radius 2 is 1.79 bits per heavy atom. The highest BCUT2D eigenvalue weighted by Gasteiger charge is 2.26. The Labute approximate surface area is 174 Å². The molecular weight excluding hydrogens is 384 g/mol. The summed E-state index contributed by atoms with van der Waals surface area (Å²) in [4.78, 5) is 6.80. The molecule has 0 radical (unpaired) electrons. The Morgan fingerprint density at radius 1 is 1.10 bits per heavy atom. The van der Waals surface area contributed by atoms with Gasteiger partial charge in [-0.25, -0.2) is 13.1 Å². The first-order chi connectivity index (χ1) is 14.1. The maximum absolute atomic E-state index is 12.3. The van der Waals surface area contributed by atoms with Crippen molar-refractivity contribution >= 4 is 16.0 Å². The molecule has 0 saturated carbocycles. The van der Waals surface area contributed by atoms with E-state index in [4.69, 9.17) is 0 Å². The van der Waals surface area contributed by atoms with Crippen LogP contribution in [0, 0.1) is 0 Å². The summed E-state index contributed by atoms with van der Waals surface area (Å²) in [6, 6.07) is 20.0. The molecule has 1 aliphatic heterocycles. The highest BCUT2D eigenvalue weighted by molar-refractivity contribution is 7.89. The van der Waals surface area contributed by atoms with E-state index in [0.29, 0.717) is 12.5 Å². The van der Waals surface area contributed by atoms with Gasteiger partial charge in [0.1, 0.15) is 0 Å². The third-order valence-electron chi connectivity index (χ3n) is 5.05. The van der Waals surface area contributed by atoms with Gasteiger partial charge in [0.15, 0.2) is 5.96 Å². The summed E-state index contributed by atoms with van der Waals surface area (Å²) in [7, 11) is -3.37. The molecule has 2 aromatic rings. The minimum absolute atomic E-state index is 0.0231. The van der Waals surface area contributed by atoms with Gasteiger partial charge in [-0.05, 0) is 24.5 Å². The van der Waals surface area contributed by atoms with Gasteiger partial charge >= 0.3 is 0 Å². The van der Waals surface area contributed by atoms with Crippen LogP contribution in [-0.2, 0) is 16.6 Å². The lowest BCUT2D eigenvalue weighted by molar-refractivity contribution is 0.486. The van der Waals surface area contributed by atoms with E-state index in [9.17, 15) is 8.42 Å². The van der Waals surface area contributed by atoms with Crippen LogP contribution in [0.1, 0.15) is 30.4 Å². The van der Waals surface area contributed by atoms with E-state index in [1.165, 1.54) is 5.56 Å². The minimum atomic E-state index is -3.37. The second-order valence-corrected chi connectivity index (χ2v) is 9.13. The van der Waals surface area contributed by atoms with Crippen molar-refractivity contribution in [3.8, 4) is 0 Å². The van der Waals surface area contributed by atoms with Gasteiger partial charge in [-0.15, -0.1) is 0 Å². The van der Waals surface area contributed by atoms with Crippen LogP contribution in [0.5, 0.6) is 0 Å². The highest BCUT2D eigenvalue weighted by atomic mass is 32.2. The van der Waals surface area contributed by atoms with Crippen molar-refractivity contribution in [1.29, 1.82) is 0 Å². The Hall–Kier alpha value is -2.38. The average Bonchev–Trinajstić information content (AvgIpc) is 3.23. The molecular formula is C22H30N4O2S. The Bertz CT molecular complexity index is 886. The Balaban J connectivity index is 1.54. The number of aliphatic imine (C=N–C) groups is 1. The van der Waals surface area contributed by atoms with Gasteiger partial charge in [0.05, 0.1) is 12.3 Å². The summed E-state index contributed by atoms with van der Waals surface area (Å²) < 4.78 is 27.2. The number of likely N-dealkylation sites (tertiary alicyclic amines) is 1. The molecule has 7 heteroatoms. The van der Waals surface area contributed by atoms with Gasteiger partial charge in [-0.2, -0.15) is 0 Å². The smallest absolute Gasteiger partial charge is 0.213 e. The molecule has 6 nitrogen and oxygen atoms in total. The normalized spacial score (nSPS) is 17.5. The number of hydrogen-bond acceptors (Lipinski definition) is 3. The molecule has 1 unspecified atom stereocenters. The first-order valence-corrected chi connectivity index (χ1v) is 11.8. The predicted octanol–water partition coefficient (Wildman–Crippen LogP) is 2.56. The molecule has 2 aromatic carbocycles. The van der Waals surface area contributed by atoms with Gasteiger partial charge in [-0.3, -0.25) is 4.99 Å². The second kappa shape index (κ2) is 10.4. The van der Waals surface area contributed by atoms with E-state index in [0.717, 1.165) is 37.6 Å². The molecule has 1 fully saturated rings. The minimum Gasteiger partial charge on any atom is -0.357 e. The molecule has 0 aromatic heterocycles. The van der Waals surface area contributed by atoms with E-state index in [1.54, 1.807) is 0 Å². The van der Waals surface area contributed by atoms with Crippen molar-refractivity contribution in [3.05, 3.63) is 71.8 Å². The first kappa shape index (κ1) is 21.3. The van der Waals surface area contributed by atoms with Crippen molar-refractivity contribution in [1.82, 2.24) is 14.9 Å². The van der Waals surface area contributed by atoms with E-state index < -0.39 is 10.0 Å². The molecule has 1 saturated heterocycles. The van der Waals surface area contributed by atoms with E-state index in [1.807, 2.05) is 43.3 Å². The van der Waals surface area contributed by atoms with Crippen LogP contribution in [-0.4, -0.2) is 51.2 Å². The molecule has 2 N–H and O–H groups in total. The zero-order valence-corrected chi connectivity index (χ0v) is 17.7. The number of sulfonamides is 1. The third kappa shape index (κ3) is 6.58. The van der Waals surface area contributed by atoms with Crippen LogP contribution in [0.2, 0.25) is 0 Å². The SMILES string of the molecule is CCNC(=NCCS(=O)(=O)NCc1ccccc1)N1CCC(c2ccccc2)C1. The summed E-state index contributed by atoms with van der Waals surface area (Å²) in [5.41, 5.74) is 2.29. The van der Waals surface area contributed by atoms with Crippen molar-refractivity contribution in [2.24, 2.45) is 4.99 Å². The van der Waals surface area contributed by atoms with Crippen molar-refractivity contribution in [2.75, 3.05) is 31.9 Å². The molecule has 1 aliphatic rings. The van der Waals surface area contributed by atoms with Crippen LogP contribution in [0.15, 0.2) is 65.7 Å². The fourth-order valence-corrected chi connectivity index (χ4v) is 4.37. The maximum atomic E-state index is 12.3. The molecule has 1 atom stereocenters.